The van der Waals surface area contributed by atoms with E-state index in [0.717, 1.165) is 22.3 Å². The van der Waals surface area contributed by atoms with Crippen LogP contribution in [0.3, 0.4) is 0 Å². The van der Waals surface area contributed by atoms with Gasteiger partial charge in [0.15, 0.2) is 0 Å². The fraction of sp³-hybridized carbons (Fsp3) is 0.393. The Labute approximate surface area is 205 Å². The zero-order valence-electron chi connectivity index (χ0n) is 20.1. The van der Waals surface area contributed by atoms with Crippen LogP contribution in [0.15, 0.2) is 60.7 Å². The number of hydrogen-bond acceptors (Lipinski definition) is 4. The molecule has 184 valence electrons. The molecule has 0 radical (unpaired) electrons. The summed E-state index contributed by atoms with van der Waals surface area (Å²) in [6.45, 7) is 3.84. The summed E-state index contributed by atoms with van der Waals surface area (Å²) in [6.07, 6.45) is 4.48. The van der Waals surface area contributed by atoms with Crippen LogP contribution in [0.1, 0.15) is 56.6 Å². The number of carboxylic acids is 1. The Morgan fingerprint density at radius 2 is 1.60 bits per heavy atom. The number of carbonyl (C=O) groups is 3. The molecule has 2 aliphatic rings. The van der Waals surface area contributed by atoms with Crippen LogP contribution in [0, 0.1) is 5.92 Å². The molecule has 7 nitrogen and oxygen atoms in total. The van der Waals surface area contributed by atoms with E-state index in [-0.39, 0.29) is 24.5 Å². The highest BCUT2D eigenvalue weighted by atomic mass is 16.5. The van der Waals surface area contributed by atoms with Crippen molar-refractivity contribution >= 4 is 18.0 Å². The Kier molecular flexibility index (Phi) is 7.24. The van der Waals surface area contributed by atoms with Crippen molar-refractivity contribution in [2.24, 2.45) is 5.92 Å². The van der Waals surface area contributed by atoms with Crippen molar-refractivity contribution in [2.75, 3.05) is 6.61 Å². The number of ether oxygens (including phenoxy) is 1. The van der Waals surface area contributed by atoms with Crippen molar-refractivity contribution in [1.29, 1.82) is 0 Å². The van der Waals surface area contributed by atoms with Crippen molar-refractivity contribution in [3.63, 3.8) is 0 Å². The summed E-state index contributed by atoms with van der Waals surface area (Å²) in [5.74, 6) is -1.81. The van der Waals surface area contributed by atoms with Crippen LogP contribution in [0.5, 0.6) is 0 Å². The third-order valence-corrected chi connectivity index (χ3v) is 7.32. The smallest absolute Gasteiger partial charge is 0.408 e. The molecule has 4 rings (SSSR count). The maximum absolute atomic E-state index is 13.2. The Hall–Kier alpha value is -3.61. The number of alkyl carbamates (subject to hydrolysis) is 1. The van der Waals surface area contributed by atoms with Crippen LogP contribution in [-0.4, -0.2) is 41.3 Å². The number of amides is 2. The Bertz CT molecular complexity index is 1090. The van der Waals surface area contributed by atoms with Gasteiger partial charge in [0.05, 0.1) is 5.92 Å². The summed E-state index contributed by atoms with van der Waals surface area (Å²) in [4.78, 5) is 37.5. The minimum Gasteiger partial charge on any atom is -0.481 e. The minimum atomic E-state index is -1.15. The molecule has 35 heavy (non-hydrogen) atoms. The Morgan fingerprint density at radius 1 is 1.00 bits per heavy atom. The van der Waals surface area contributed by atoms with Crippen LogP contribution in [0.25, 0.3) is 11.1 Å². The maximum atomic E-state index is 13.2. The minimum absolute atomic E-state index is 0.0695. The van der Waals surface area contributed by atoms with Crippen molar-refractivity contribution in [3.8, 4) is 11.1 Å². The summed E-state index contributed by atoms with van der Waals surface area (Å²) in [7, 11) is 0. The van der Waals surface area contributed by atoms with Gasteiger partial charge < -0.3 is 20.5 Å². The highest BCUT2D eigenvalue weighted by molar-refractivity contribution is 5.90. The lowest BCUT2D eigenvalue weighted by Crippen LogP contribution is -2.60. The number of fused-ring (bicyclic) bond motifs is 3. The van der Waals surface area contributed by atoms with Crippen molar-refractivity contribution in [1.82, 2.24) is 10.6 Å². The molecule has 2 aromatic carbocycles. The fourth-order valence-corrected chi connectivity index (χ4v) is 5.14. The molecule has 0 heterocycles. The van der Waals surface area contributed by atoms with Gasteiger partial charge in [-0.2, -0.15) is 0 Å². The first-order chi connectivity index (χ1) is 16.9. The number of benzene rings is 2. The summed E-state index contributed by atoms with van der Waals surface area (Å²) >= 11 is 0. The number of rotatable bonds is 8. The number of aliphatic carboxylic acids is 1. The summed E-state index contributed by atoms with van der Waals surface area (Å²) in [5.41, 5.74) is 3.38. The van der Waals surface area contributed by atoms with Gasteiger partial charge in [-0.3, -0.25) is 9.59 Å². The highest BCUT2D eigenvalue weighted by Gasteiger charge is 2.39. The average molecular weight is 477 g/mol. The van der Waals surface area contributed by atoms with Crippen molar-refractivity contribution in [3.05, 3.63) is 71.8 Å². The topological polar surface area (TPSA) is 105 Å². The summed E-state index contributed by atoms with van der Waals surface area (Å²) < 4.78 is 5.67. The van der Waals surface area contributed by atoms with E-state index < -0.39 is 23.5 Å². The molecule has 7 heteroatoms. The van der Waals surface area contributed by atoms with Gasteiger partial charge >= 0.3 is 12.1 Å². The SMILES string of the molecule is CCC(CC)(NC(=O)OCC1c2ccccc2-c2ccccc21)C(=O)NC1C=CCC(C(=O)O)C1. The molecule has 0 aliphatic heterocycles. The molecule has 2 amide bonds. The lowest BCUT2D eigenvalue weighted by molar-refractivity contribution is -0.142. The predicted octanol–water partition coefficient (Wildman–Crippen LogP) is 4.62. The molecule has 0 spiro atoms. The average Bonchev–Trinajstić information content (AvgIpc) is 3.20. The normalized spacial score (nSPS) is 18.9. The van der Waals surface area contributed by atoms with E-state index >= 15 is 0 Å². The third-order valence-electron chi connectivity index (χ3n) is 7.32. The summed E-state index contributed by atoms with van der Waals surface area (Å²) in [5, 5.41) is 15.0. The van der Waals surface area contributed by atoms with E-state index in [9.17, 15) is 19.5 Å². The zero-order valence-corrected chi connectivity index (χ0v) is 20.1. The van der Waals surface area contributed by atoms with Gasteiger partial charge in [0.25, 0.3) is 0 Å². The molecular weight excluding hydrogens is 444 g/mol. The first kappa shape index (κ1) is 24.5. The molecule has 3 N–H and O–H groups in total. The first-order valence-electron chi connectivity index (χ1n) is 12.2. The van der Waals surface area contributed by atoms with Crippen LogP contribution in [0.2, 0.25) is 0 Å². The lowest BCUT2D eigenvalue weighted by atomic mass is 9.88. The zero-order chi connectivity index (χ0) is 25.0. The number of hydrogen-bond donors (Lipinski definition) is 3. The van der Waals surface area contributed by atoms with Crippen LogP contribution in [0.4, 0.5) is 4.79 Å². The molecule has 0 fully saturated rings. The number of carbonyl (C=O) groups excluding carboxylic acids is 2. The van der Waals surface area contributed by atoms with Gasteiger partial charge in [0, 0.05) is 12.0 Å². The molecule has 2 unspecified atom stereocenters. The van der Waals surface area contributed by atoms with Crippen LogP contribution >= 0.6 is 0 Å². The number of nitrogens with one attached hydrogen (secondary N) is 2. The fourth-order valence-electron chi connectivity index (χ4n) is 5.14. The van der Waals surface area contributed by atoms with E-state index in [0.29, 0.717) is 25.7 Å². The highest BCUT2D eigenvalue weighted by Crippen LogP contribution is 2.44. The van der Waals surface area contributed by atoms with Crippen LogP contribution < -0.4 is 10.6 Å². The Balaban J connectivity index is 1.42. The van der Waals surface area contributed by atoms with Gasteiger partial charge in [-0.15, -0.1) is 0 Å². The first-order valence-corrected chi connectivity index (χ1v) is 12.2. The molecule has 2 aromatic rings. The largest absolute Gasteiger partial charge is 0.481 e. The van der Waals surface area contributed by atoms with Gasteiger partial charge in [0.2, 0.25) is 5.91 Å². The molecule has 0 saturated carbocycles. The van der Waals surface area contributed by atoms with Crippen molar-refractivity contribution in [2.45, 2.75) is 57.0 Å². The quantitative estimate of drug-likeness (QED) is 0.482. The second-order valence-electron chi connectivity index (χ2n) is 9.25. The molecule has 0 saturated heterocycles. The Morgan fingerprint density at radius 3 is 2.17 bits per heavy atom. The van der Waals surface area contributed by atoms with E-state index in [1.54, 1.807) is 6.08 Å². The molecular formula is C28H32N2O5. The molecule has 2 atom stereocenters. The second kappa shape index (κ2) is 10.3. The molecule has 0 bridgehead atoms. The number of carboxylic acid groups (broad SMARTS) is 1. The van der Waals surface area contributed by atoms with Crippen molar-refractivity contribution < 1.29 is 24.2 Å². The standard InChI is InChI=1S/C28H32N2O5/c1-3-28(4-2,26(33)29-19-11-9-10-18(16-19)25(31)32)30-27(34)35-17-24-22-14-7-5-12-20(22)21-13-6-8-15-23(21)24/h5-9,11-15,18-19,24H,3-4,10,16-17H2,1-2H3,(H,29,33)(H,30,34)(H,31,32). The van der Waals surface area contributed by atoms with Crippen LogP contribution in [-0.2, 0) is 14.3 Å². The third kappa shape index (κ3) is 4.94. The van der Waals surface area contributed by atoms with Gasteiger partial charge in [-0.05, 0) is 47.9 Å². The number of allylic oxidation sites excluding steroid dienone is 1. The van der Waals surface area contributed by atoms with Gasteiger partial charge in [-0.25, -0.2) is 4.79 Å². The predicted molar refractivity (Wildman–Crippen MR) is 133 cm³/mol. The van der Waals surface area contributed by atoms with Gasteiger partial charge in [-0.1, -0.05) is 74.5 Å². The van der Waals surface area contributed by atoms with E-state index in [1.165, 1.54) is 0 Å². The van der Waals surface area contributed by atoms with E-state index in [1.807, 2.05) is 44.2 Å². The lowest BCUT2D eigenvalue weighted by Gasteiger charge is -2.33. The summed E-state index contributed by atoms with van der Waals surface area (Å²) in [6, 6.07) is 15.8. The van der Waals surface area contributed by atoms with Gasteiger partial charge in [0.1, 0.15) is 12.1 Å². The monoisotopic (exact) mass is 476 g/mol. The molecule has 2 aliphatic carbocycles. The second-order valence-corrected chi connectivity index (χ2v) is 9.25. The van der Waals surface area contributed by atoms with E-state index in [2.05, 4.69) is 34.9 Å². The molecule has 0 aromatic heterocycles. The van der Waals surface area contributed by atoms with E-state index in [4.69, 9.17) is 4.74 Å². The maximum Gasteiger partial charge on any atom is 0.408 e.